The van der Waals surface area contributed by atoms with Gasteiger partial charge in [0.15, 0.2) is 10.9 Å². The lowest BCUT2D eigenvalue weighted by molar-refractivity contribution is 0.102. The molecule has 3 aromatic rings. The Morgan fingerprint density at radius 1 is 1.35 bits per heavy atom. The molecule has 0 unspecified atom stereocenters. The van der Waals surface area contributed by atoms with Crippen LogP contribution in [0, 0.1) is 0 Å². The number of Topliss-reactive ketones (excluding diaryl/α,β-unsaturated/α-hetero) is 1. The van der Waals surface area contributed by atoms with Crippen LogP contribution >= 0.6 is 39.0 Å². The van der Waals surface area contributed by atoms with Gasteiger partial charge in [0.1, 0.15) is 0 Å². The van der Waals surface area contributed by atoms with Gasteiger partial charge in [0.25, 0.3) is 5.56 Å². The number of ketones is 1. The summed E-state index contributed by atoms with van der Waals surface area (Å²) in [7, 11) is 1.60. The highest BCUT2D eigenvalue weighted by atomic mass is 79.9. The lowest BCUT2D eigenvalue weighted by Gasteiger charge is -2.18. The fraction of sp³-hybridized carbons (Fsp3) is 0.278. The van der Waals surface area contributed by atoms with Crippen LogP contribution in [0.25, 0.3) is 10.9 Å². The number of benzene rings is 1. The normalized spacial score (nSPS) is 12.4. The minimum Gasteiger partial charge on any atom is -0.383 e. The summed E-state index contributed by atoms with van der Waals surface area (Å²) in [4.78, 5) is 30.7. The molecule has 0 aliphatic heterocycles. The zero-order valence-electron chi connectivity index (χ0n) is 14.3. The van der Waals surface area contributed by atoms with Gasteiger partial charge in [0, 0.05) is 7.11 Å². The molecule has 0 bridgehead atoms. The van der Waals surface area contributed by atoms with E-state index in [1.807, 2.05) is 31.2 Å². The van der Waals surface area contributed by atoms with Gasteiger partial charge < -0.3 is 4.74 Å². The van der Waals surface area contributed by atoms with Crippen LogP contribution in [0.2, 0.25) is 0 Å². The number of carbonyl (C=O) groups excluding carboxylic acids is 1. The largest absolute Gasteiger partial charge is 0.383 e. The summed E-state index contributed by atoms with van der Waals surface area (Å²) in [5.41, 5.74) is 0.515. The average Bonchev–Trinajstić information content (AvgIpc) is 3.06. The average molecular weight is 453 g/mol. The van der Waals surface area contributed by atoms with E-state index in [-0.39, 0.29) is 23.1 Å². The standard InChI is InChI=1S/C18H17BrN2O3S2/c1-11(9-24-2)21-17(23)12-5-3-4-6-13(12)20-18(21)25-10-14(22)15-7-8-16(19)26-15/h3-8,11H,9-10H2,1-2H3/t11-/m1/s1. The van der Waals surface area contributed by atoms with Crippen molar-refractivity contribution in [3.8, 4) is 0 Å². The topological polar surface area (TPSA) is 61.2 Å². The van der Waals surface area contributed by atoms with Crippen molar-refractivity contribution in [2.45, 2.75) is 18.1 Å². The number of carbonyl (C=O) groups is 1. The van der Waals surface area contributed by atoms with E-state index in [0.717, 1.165) is 3.79 Å². The van der Waals surface area contributed by atoms with Crippen LogP contribution in [0.5, 0.6) is 0 Å². The Kier molecular flexibility index (Phi) is 6.29. The summed E-state index contributed by atoms with van der Waals surface area (Å²) in [5, 5.41) is 1.09. The Hall–Kier alpha value is -1.48. The summed E-state index contributed by atoms with van der Waals surface area (Å²) >= 11 is 6.05. The van der Waals surface area contributed by atoms with Crippen molar-refractivity contribution in [1.29, 1.82) is 0 Å². The minimum absolute atomic E-state index is 0.0130. The first kappa shape index (κ1) is 19.3. The van der Waals surface area contributed by atoms with Crippen molar-refractivity contribution >= 4 is 55.7 Å². The maximum Gasteiger partial charge on any atom is 0.262 e. The number of thioether (sulfide) groups is 1. The minimum atomic E-state index is -0.182. The van der Waals surface area contributed by atoms with Crippen molar-refractivity contribution in [1.82, 2.24) is 9.55 Å². The quantitative estimate of drug-likeness (QED) is 0.302. The molecular formula is C18H17BrN2O3S2. The monoisotopic (exact) mass is 452 g/mol. The third-order valence-corrected chi connectivity index (χ3v) is 6.42. The zero-order valence-corrected chi connectivity index (χ0v) is 17.5. The number of hydrogen-bond acceptors (Lipinski definition) is 6. The highest BCUT2D eigenvalue weighted by molar-refractivity contribution is 9.11. The van der Waals surface area contributed by atoms with E-state index < -0.39 is 0 Å². The first-order valence-electron chi connectivity index (χ1n) is 7.93. The number of hydrogen-bond donors (Lipinski definition) is 0. The van der Waals surface area contributed by atoms with Crippen LogP contribution in [0.1, 0.15) is 22.6 Å². The summed E-state index contributed by atoms with van der Waals surface area (Å²) < 4.78 is 7.75. The Balaban J connectivity index is 1.96. The summed E-state index contributed by atoms with van der Waals surface area (Å²) in [6.07, 6.45) is 0. The van der Waals surface area contributed by atoms with Crippen LogP contribution in [0.3, 0.4) is 0 Å². The van der Waals surface area contributed by atoms with Crippen LogP contribution in [-0.4, -0.2) is 34.8 Å². The molecule has 0 N–H and O–H groups in total. The van der Waals surface area contributed by atoms with Crippen molar-refractivity contribution < 1.29 is 9.53 Å². The van der Waals surface area contributed by atoms with E-state index >= 15 is 0 Å². The predicted molar refractivity (Wildman–Crippen MR) is 110 cm³/mol. The molecule has 136 valence electrons. The number of aromatic nitrogens is 2. The number of para-hydroxylation sites is 1. The summed E-state index contributed by atoms with van der Waals surface area (Å²) in [5.74, 6) is 0.233. The maximum atomic E-state index is 12.9. The van der Waals surface area contributed by atoms with Gasteiger partial charge in [0.2, 0.25) is 0 Å². The van der Waals surface area contributed by atoms with Crippen molar-refractivity contribution in [2.24, 2.45) is 0 Å². The molecule has 0 saturated carbocycles. The first-order valence-corrected chi connectivity index (χ1v) is 10.5. The van der Waals surface area contributed by atoms with Crippen molar-refractivity contribution in [3.05, 3.63) is 55.4 Å². The fourth-order valence-corrected chi connectivity index (χ4v) is 4.99. The molecule has 0 aliphatic carbocycles. The molecule has 3 rings (SSSR count). The Morgan fingerprint density at radius 3 is 2.81 bits per heavy atom. The van der Waals surface area contributed by atoms with Gasteiger partial charge in [-0.15, -0.1) is 11.3 Å². The molecule has 0 saturated heterocycles. The predicted octanol–water partition coefficient (Wildman–Crippen LogP) is 4.40. The van der Waals surface area contributed by atoms with Gasteiger partial charge >= 0.3 is 0 Å². The van der Waals surface area contributed by atoms with E-state index in [0.29, 0.717) is 27.5 Å². The van der Waals surface area contributed by atoms with Crippen LogP contribution in [0.15, 0.2) is 50.1 Å². The molecule has 2 heterocycles. The second kappa shape index (κ2) is 8.47. The van der Waals surface area contributed by atoms with Gasteiger partial charge in [0.05, 0.1) is 38.0 Å². The van der Waals surface area contributed by atoms with Gasteiger partial charge in [-0.3, -0.25) is 14.2 Å². The van der Waals surface area contributed by atoms with E-state index in [4.69, 9.17) is 4.74 Å². The van der Waals surface area contributed by atoms with E-state index in [1.165, 1.54) is 23.1 Å². The second-order valence-electron chi connectivity index (χ2n) is 5.71. The number of methoxy groups -OCH3 is 1. The fourth-order valence-electron chi connectivity index (χ4n) is 2.60. The number of halogens is 1. The maximum absolute atomic E-state index is 12.9. The van der Waals surface area contributed by atoms with E-state index in [9.17, 15) is 9.59 Å². The highest BCUT2D eigenvalue weighted by Crippen LogP contribution is 2.26. The third-order valence-electron chi connectivity index (χ3n) is 3.80. The molecule has 26 heavy (non-hydrogen) atoms. The lowest BCUT2D eigenvalue weighted by Crippen LogP contribution is -2.28. The molecule has 5 nitrogen and oxygen atoms in total. The Labute approximate surface area is 167 Å². The zero-order chi connectivity index (χ0) is 18.7. The molecule has 0 fully saturated rings. The van der Waals surface area contributed by atoms with Crippen LogP contribution in [0.4, 0.5) is 0 Å². The summed E-state index contributed by atoms with van der Waals surface area (Å²) in [6, 6.07) is 10.7. The van der Waals surface area contributed by atoms with Crippen LogP contribution in [-0.2, 0) is 4.74 Å². The Bertz CT molecular complexity index is 1000. The Morgan fingerprint density at radius 2 is 2.12 bits per heavy atom. The molecule has 0 spiro atoms. The molecule has 8 heteroatoms. The molecule has 1 atom stereocenters. The van der Waals surface area contributed by atoms with Gasteiger partial charge in [-0.2, -0.15) is 0 Å². The smallest absolute Gasteiger partial charge is 0.262 e. The summed E-state index contributed by atoms with van der Waals surface area (Å²) in [6.45, 7) is 2.29. The van der Waals surface area contributed by atoms with E-state index in [1.54, 1.807) is 23.8 Å². The number of fused-ring (bicyclic) bond motifs is 1. The van der Waals surface area contributed by atoms with Gasteiger partial charge in [-0.05, 0) is 47.1 Å². The lowest BCUT2D eigenvalue weighted by atomic mass is 10.2. The SMILES string of the molecule is COC[C@@H](C)n1c(SCC(=O)c2ccc(Br)s2)nc2ccccc2c1=O. The molecule has 0 radical (unpaired) electrons. The van der Waals surface area contributed by atoms with Crippen LogP contribution < -0.4 is 5.56 Å². The first-order chi connectivity index (χ1) is 12.5. The highest BCUT2D eigenvalue weighted by Gasteiger charge is 2.18. The van der Waals surface area contributed by atoms with Crippen molar-refractivity contribution in [3.63, 3.8) is 0 Å². The van der Waals surface area contributed by atoms with Gasteiger partial charge in [-0.1, -0.05) is 23.9 Å². The molecule has 2 aromatic heterocycles. The third kappa shape index (κ3) is 4.09. The number of ether oxygens (including phenoxy) is 1. The second-order valence-corrected chi connectivity index (χ2v) is 9.11. The molecular weight excluding hydrogens is 436 g/mol. The van der Waals surface area contributed by atoms with Crippen molar-refractivity contribution in [2.75, 3.05) is 19.5 Å². The molecule has 0 aliphatic rings. The van der Waals surface area contributed by atoms with E-state index in [2.05, 4.69) is 20.9 Å². The molecule has 0 amide bonds. The molecule has 1 aromatic carbocycles. The number of rotatable bonds is 7. The van der Waals surface area contributed by atoms with Gasteiger partial charge in [-0.25, -0.2) is 4.98 Å². The number of thiophene rings is 1. The number of nitrogens with zero attached hydrogens (tertiary/aromatic N) is 2.